The molecule has 0 aromatic heterocycles. The van der Waals surface area contributed by atoms with E-state index in [2.05, 4.69) is 31.1 Å². The topological polar surface area (TPSA) is 60.4 Å². The average molecular weight is 233 g/mol. The van der Waals surface area contributed by atoms with Crippen LogP contribution in [0, 0.1) is 11.5 Å². The molecule has 3 nitrogen and oxygen atoms in total. The largest absolute Gasteiger partial charge is 0.872 e. The van der Waals surface area contributed by atoms with Crippen molar-refractivity contribution in [2.45, 2.75) is 19.6 Å². The fourth-order valence-corrected chi connectivity index (χ4v) is 1.56. The number of hydrogen-bond acceptors (Lipinski definition) is 2. The molecule has 0 spiro atoms. The minimum Gasteiger partial charge on any atom is -0.872 e. The Morgan fingerprint density at radius 3 is 2.44 bits per heavy atom. The molecule has 0 aliphatic carbocycles. The molecule has 0 saturated heterocycles. The molecule has 0 radical (unpaired) electrons. The Balaban J connectivity index is 3.06. The van der Waals surface area contributed by atoms with Crippen molar-refractivity contribution in [3.05, 3.63) is 29.3 Å². The quantitative estimate of drug-likeness (QED) is 0.593. The fraction of sp³-hybridized carbons (Fsp3) is 0.250. The third kappa shape index (κ3) is 3.44. The Labute approximate surface area is 95.8 Å². The van der Waals surface area contributed by atoms with Crippen LogP contribution in [-0.4, -0.2) is 19.1 Å². The average Bonchev–Trinajstić information content (AvgIpc) is 2.13. The second-order valence-corrected chi connectivity index (χ2v) is 9.27. The van der Waals surface area contributed by atoms with Crippen LogP contribution in [0.25, 0.3) is 0 Å². The van der Waals surface area contributed by atoms with Crippen LogP contribution in [0.5, 0.6) is 5.75 Å². The second kappa shape index (κ2) is 4.41. The smallest absolute Gasteiger partial charge is 0.335 e. The molecule has 0 fully saturated rings. The van der Waals surface area contributed by atoms with Gasteiger partial charge in [0.25, 0.3) is 0 Å². The standard InChI is InChI=1S/C12H14O3Si/c1-16(2,3)7-6-9-4-5-10(12(14)15)11(13)8-9/h4-5,8,13H,1-3H3,(H,14,15)/p-1. The van der Waals surface area contributed by atoms with Crippen LogP contribution in [0.1, 0.15) is 15.9 Å². The molecule has 4 heteroatoms. The van der Waals surface area contributed by atoms with Crippen molar-refractivity contribution in [3.63, 3.8) is 0 Å². The van der Waals surface area contributed by atoms with Crippen LogP contribution < -0.4 is 5.11 Å². The maximum atomic E-state index is 11.4. The fourth-order valence-electron chi connectivity index (χ4n) is 1.04. The van der Waals surface area contributed by atoms with E-state index in [-0.39, 0.29) is 5.56 Å². The molecule has 0 aliphatic rings. The lowest BCUT2D eigenvalue weighted by molar-refractivity contribution is -0.268. The molecule has 0 heterocycles. The molecule has 0 bridgehead atoms. The van der Waals surface area contributed by atoms with Gasteiger partial charge in [-0.2, -0.15) is 0 Å². The molecule has 16 heavy (non-hydrogen) atoms. The lowest BCUT2D eigenvalue weighted by atomic mass is 10.1. The molecule has 1 aromatic carbocycles. The highest BCUT2D eigenvalue weighted by Crippen LogP contribution is 2.15. The summed E-state index contributed by atoms with van der Waals surface area (Å²) in [5.74, 6) is 1.22. The first-order valence-electron chi connectivity index (χ1n) is 4.87. The van der Waals surface area contributed by atoms with Gasteiger partial charge in [0.2, 0.25) is 0 Å². The highest BCUT2D eigenvalue weighted by molar-refractivity contribution is 6.83. The number of benzene rings is 1. The van der Waals surface area contributed by atoms with Gasteiger partial charge in [-0.05, 0) is 12.1 Å². The van der Waals surface area contributed by atoms with Crippen molar-refractivity contribution in [2.75, 3.05) is 0 Å². The number of aromatic carboxylic acids is 1. The van der Waals surface area contributed by atoms with Crippen molar-refractivity contribution in [1.29, 1.82) is 0 Å². The zero-order valence-electron chi connectivity index (χ0n) is 9.50. The van der Waals surface area contributed by atoms with Crippen LogP contribution in [0.4, 0.5) is 0 Å². The Morgan fingerprint density at radius 1 is 1.38 bits per heavy atom. The first kappa shape index (κ1) is 12.3. The molecule has 1 aromatic rings. The number of carboxylic acid groups (broad SMARTS) is 1. The van der Waals surface area contributed by atoms with Crippen LogP contribution in [0.15, 0.2) is 18.2 Å². The molecule has 0 unspecified atom stereocenters. The van der Waals surface area contributed by atoms with Gasteiger partial charge in [0.1, 0.15) is 8.07 Å². The van der Waals surface area contributed by atoms with Gasteiger partial charge < -0.3 is 10.2 Å². The van der Waals surface area contributed by atoms with Gasteiger partial charge in [-0.1, -0.05) is 37.4 Å². The first-order chi connectivity index (χ1) is 7.29. The van der Waals surface area contributed by atoms with E-state index >= 15 is 0 Å². The van der Waals surface area contributed by atoms with E-state index in [1.165, 1.54) is 12.1 Å². The summed E-state index contributed by atoms with van der Waals surface area (Å²) in [5.41, 5.74) is 3.49. The lowest BCUT2D eigenvalue weighted by Gasteiger charge is -2.10. The zero-order valence-corrected chi connectivity index (χ0v) is 10.5. The normalized spacial score (nSPS) is 10.4. The number of hydrogen-bond donors (Lipinski definition) is 1. The van der Waals surface area contributed by atoms with Crippen LogP contribution >= 0.6 is 0 Å². The predicted molar refractivity (Wildman–Crippen MR) is 63.1 cm³/mol. The Bertz CT molecular complexity index is 475. The van der Waals surface area contributed by atoms with E-state index in [0.717, 1.165) is 0 Å². The highest BCUT2D eigenvalue weighted by Gasteiger charge is 2.08. The van der Waals surface area contributed by atoms with Crippen molar-refractivity contribution in [1.82, 2.24) is 0 Å². The third-order valence-corrected chi connectivity index (χ3v) is 2.67. The summed E-state index contributed by atoms with van der Waals surface area (Å²) < 4.78 is 0. The number of rotatable bonds is 1. The summed E-state index contributed by atoms with van der Waals surface area (Å²) in [6.07, 6.45) is 0. The Morgan fingerprint density at radius 2 is 2.00 bits per heavy atom. The van der Waals surface area contributed by atoms with Gasteiger partial charge in [-0.3, -0.25) is 0 Å². The molecule has 0 atom stereocenters. The first-order valence-corrected chi connectivity index (χ1v) is 8.37. The van der Waals surface area contributed by atoms with Crippen molar-refractivity contribution in [3.8, 4) is 17.2 Å². The van der Waals surface area contributed by atoms with E-state index in [0.29, 0.717) is 5.56 Å². The highest BCUT2D eigenvalue weighted by atomic mass is 28.3. The van der Waals surface area contributed by atoms with Crippen molar-refractivity contribution < 1.29 is 15.0 Å². The summed E-state index contributed by atoms with van der Waals surface area (Å²) in [4.78, 5) is 10.6. The van der Waals surface area contributed by atoms with E-state index in [9.17, 15) is 9.90 Å². The minimum atomic E-state index is -1.47. The Kier molecular flexibility index (Phi) is 3.40. The summed E-state index contributed by atoms with van der Waals surface area (Å²) in [7, 11) is -1.47. The summed E-state index contributed by atoms with van der Waals surface area (Å²) in [6, 6.07) is 4.15. The SMILES string of the molecule is C[Si](C)(C)C#Cc1ccc(C(=O)O)c([O-])c1. The van der Waals surface area contributed by atoms with E-state index in [4.69, 9.17) is 5.11 Å². The van der Waals surface area contributed by atoms with Crippen LogP contribution in [-0.2, 0) is 0 Å². The van der Waals surface area contributed by atoms with Gasteiger partial charge in [0.05, 0.1) is 5.56 Å². The number of carbonyl (C=O) groups is 1. The maximum absolute atomic E-state index is 11.4. The van der Waals surface area contributed by atoms with Gasteiger partial charge in [-0.25, -0.2) is 4.79 Å². The predicted octanol–water partition coefficient (Wildman–Crippen LogP) is 1.69. The molecule has 1 rings (SSSR count). The van der Waals surface area contributed by atoms with E-state index in [1.807, 2.05) is 0 Å². The van der Waals surface area contributed by atoms with Crippen molar-refractivity contribution >= 4 is 14.0 Å². The molecule has 0 amide bonds. The van der Waals surface area contributed by atoms with Gasteiger partial charge in [0, 0.05) is 5.56 Å². The van der Waals surface area contributed by atoms with Gasteiger partial charge >= 0.3 is 5.97 Å². The van der Waals surface area contributed by atoms with Crippen LogP contribution in [0.3, 0.4) is 0 Å². The summed E-state index contributed by atoms with van der Waals surface area (Å²) in [6.45, 7) is 6.30. The monoisotopic (exact) mass is 233 g/mol. The molecular formula is C12H13O3Si-. The second-order valence-electron chi connectivity index (χ2n) is 4.52. The lowest BCUT2D eigenvalue weighted by Crippen LogP contribution is -2.16. The van der Waals surface area contributed by atoms with Crippen molar-refractivity contribution in [2.24, 2.45) is 0 Å². The summed E-state index contributed by atoms with van der Waals surface area (Å²) in [5, 5.41) is 20.1. The van der Waals surface area contributed by atoms with E-state index < -0.39 is 19.8 Å². The summed E-state index contributed by atoms with van der Waals surface area (Å²) >= 11 is 0. The molecule has 84 valence electrons. The molecular weight excluding hydrogens is 220 g/mol. The zero-order chi connectivity index (χ0) is 12.3. The van der Waals surface area contributed by atoms with Gasteiger partial charge in [0.15, 0.2) is 0 Å². The third-order valence-electron chi connectivity index (χ3n) is 1.79. The molecule has 0 saturated carbocycles. The van der Waals surface area contributed by atoms with Crippen LogP contribution in [0.2, 0.25) is 19.6 Å². The Hall–Kier alpha value is -1.73. The molecule has 1 N–H and O–H groups in total. The maximum Gasteiger partial charge on any atom is 0.335 e. The number of carboxylic acids is 1. The van der Waals surface area contributed by atoms with Gasteiger partial charge in [-0.15, -0.1) is 5.54 Å². The van der Waals surface area contributed by atoms with E-state index in [1.54, 1.807) is 6.07 Å². The molecule has 0 aliphatic heterocycles. The minimum absolute atomic E-state index is 0.210.